The molecule has 30 heavy (non-hydrogen) atoms. The molecular weight excluding hydrogens is 397 g/mol. The number of halogens is 1. The third-order valence-corrected chi connectivity index (χ3v) is 6.14. The summed E-state index contributed by atoms with van der Waals surface area (Å²) >= 11 is 1.76. The lowest BCUT2D eigenvalue weighted by Crippen LogP contribution is -2.11. The number of pyridine rings is 1. The number of aryl methyl sites for hydroxylation is 1. The van der Waals surface area contributed by atoms with Crippen LogP contribution >= 0.6 is 11.3 Å². The van der Waals surface area contributed by atoms with Crippen molar-refractivity contribution in [2.24, 2.45) is 0 Å². The van der Waals surface area contributed by atoms with Crippen LogP contribution < -0.4 is 5.32 Å². The fourth-order valence-corrected chi connectivity index (χ4v) is 4.55. The van der Waals surface area contributed by atoms with Gasteiger partial charge >= 0.3 is 0 Å². The molecule has 0 bridgehead atoms. The van der Waals surface area contributed by atoms with Crippen LogP contribution in [0.3, 0.4) is 0 Å². The van der Waals surface area contributed by atoms with Crippen LogP contribution in [0.2, 0.25) is 0 Å². The van der Waals surface area contributed by atoms with Crippen molar-refractivity contribution in [3.63, 3.8) is 0 Å². The molecule has 4 aromatic rings. The maximum atomic E-state index is 13.7. The van der Waals surface area contributed by atoms with Gasteiger partial charge in [-0.3, -0.25) is 0 Å². The van der Waals surface area contributed by atoms with Crippen LogP contribution in [0.1, 0.15) is 29.2 Å². The highest BCUT2D eigenvalue weighted by Crippen LogP contribution is 2.35. The Labute approximate surface area is 179 Å². The zero-order valence-electron chi connectivity index (χ0n) is 17.5. The maximum Gasteiger partial charge on any atom is 0.213 e. The predicted molar refractivity (Wildman–Crippen MR) is 121 cm³/mol. The zero-order chi connectivity index (χ0) is 21.3. The summed E-state index contributed by atoms with van der Waals surface area (Å²) in [5, 5.41) is 4.07. The van der Waals surface area contributed by atoms with Gasteiger partial charge in [-0.25, -0.2) is 15.0 Å². The van der Waals surface area contributed by atoms with E-state index in [-0.39, 0.29) is 6.04 Å². The molecule has 0 amide bonds. The third kappa shape index (κ3) is 4.32. The Morgan fingerprint density at radius 2 is 1.93 bits per heavy atom. The first kappa shape index (κ1) is 20.4. The molecule has 154 valence electrons. The summed E-state index contributed by atoms with van der Waals surface area (Å²) in [6.07, 6.45) is 1.44. The standard InChI is InChI=1S/C23H24FN5S/c1-14(26-23-18-11-22(24)25-12-19(18)27-15(2)28-23)20-9-10-21(30-20)17-8-6-5-7-16(17)13-29(3)4/h5-12,14H,13H2,1-4H3,(H,26,27,28). The molecule has 0 aliphatic carbocycles. The fraction of sp³-hybridized carbons (Fsp3) is 0.261. The van der Waals surface area contributed by atoms with Crippen molar-refractivity contribution in [1.82, 2.24) is 19.9 Å². The number of benzene rings is 1. The molecule has 3 aromatic heterocycles. The van der Waals surface area contributed by atoms with Crippen molar-refractivity contribution in [2.75, 3.05) is 19.4 Å². The number of nitrogens with one attached hydrogen (secondary N) is 1. The van der Waals surface area contributed by atoms with Gasteiger partial charge in [0.2, 0.25) is 5.95 Å². The van der Waals surface area contributed by atoms with Gasteiger partial charge in [0.25, 0.3) is 0 Å². The molecule has 4 rings (SSSR count). The van der Waals surface area contributed by atoms with E-state index in [1.54, 1.807) is 11.3 Å². The summed E-state index contributed by atoms with van der Waals surface area (Å²) in [6, 6.07) is 14.2. The van der Waals surface area contributed by atoms with Crippen molar-refractivity contribution in [2.45, 2.75) is 26.4 Å². The smallest absolute Gasteiger partial charge is 0.213 e. The van der Waals surface area contributed by atoms with Crippen molar-refractivity contribution in [3.05, 3.63) is 70.9 Å². The SMILES string of the molecule is Cc1nc(NC(C)c2ccc(-c3ccccc3CN(C)C)s2)c2cc(F)ncc2n1. The van der Waals surface area contributed by atoms with Crippen molar-refractivity contribution >= 4 is 28.1 Å². The lowest BCUT2D eigenvalue weighted by atomic mass is 10.1. The van der Waals surface area contributed by atoms with E-state index in [1.807, 2.05) is 6.92 Å². The number of rotatable bonds is 6. The largest absolute Gasteiger partial charge is 0.362 e. The highest BCUT2D eigenvalue weighted by molar-refractivity contribution is 7.15. The molecule has 0 fully saturated rings. The highest BCUT2D eigenvalue weighted by Gasteiger charge is 2.15. The van der Waals surface area contributed by atoms with E-state index in [2.05, 4.69) is 82.6 Å². The molecule has 1 unspecified atom stereocenters. The van der Waals surface area contributed by atoms with Gasteiger partial charge in [-0.15, -0.1) is 11.3 Å². The van der Waals surface area contributed by atoms with E-state index >= 15 is 0 Å². The van der Waals surface area contributed by atoms with Crippen LogP contribution in [0.5, 0.6) is 0 Å². The van der Waals surface area contributed by atoms with Crippen LogP contribution in [0.4, 0.5) is 10.2 Å². The van der Waals surface area contributed by atoms with E-state index in [0.29, 0.717) is 22.5 Å². The van der Waals surface area contributed by atoms with Crippen molar-refractivity contribution in [1.29, 1.82) is 0 Å². The van der Waals surface area contributed by atoms with Gasteiger partial charge in [-0.05, 0) is 51.2 Å². The molecule has 0 saturated heterocycles. The van der Waals surface area contributed by atoms with E-state index in [1.165, 1.54) is 33.1 Å². The summed E-state index contributed by atoms with van der Waals surface area (Å²) in [5.41, 5.74) is 3.19. The Balaban J connectivity index is 1.63. The molecule has 7 heteroatoms. The maximum absolute atomic E-state index is 13.7. The van der Waals surface area contributed by atoms with E-state index in [4.69, 9.17) is 0 Å². The van der Waals surface area contributed by atoms with Crippen molar-refractivity contribution < 1.29 is 4.39 Å². The molecule has 0 radical (unpaired) electrons. The number of hydrogen-bond acceptors (Lipinski definition) is 6. The van der Waals surface area contributed by atoms with Crippen LogP contribution in [0.15, 0.2) is 48.7 Å². The van der Waals surface area contributed by atoms with Crippen LogP contribution in [-0.2, 0) is 6.54 Å². The first-order valence-electron chi connectivity index (χ1n) is 9.80. The Morgan fingerprint density at radius 1 is 1.13 bits per heavy atom. The Kier molecular flexibility index (Phi) is 5.74. The number of hydrogen-bond donors (Lipinski definition) is 1. The van der Waals surface area contributed by atoms with E-state index in [0.717, 1.165) is 6.54 Å². The lowest BCUT2D eigenvalue weighted by Gasteiger charge is -2.15. The lowest BCUT2D eigenvalue weighted by molar-refractivity contribution is 0.403. The average Bonchev–Trinajstić information content (AvgIpc) is 3.18. The minimum Gasteiger partial charge on any atom is -0.362 e. The minimum absolute atomic E-state index is 0.0125. The van der Waals surface area contributed by atoms with Crippen LogP contribution in [0, 0.1) is 12.9 Å². The van der Waals surface area contributed by atoms with E-state index in [9.17, 15) is 4.39 Å². The van der Waals surface area contributed by atoms with Gasteiger partial charge in [0.05, 0.1) is 17.8 Å². The molecule has 5 nitrogen and oxygen atoms in total. The molecule has 0 spiro atoms. The van der Waals surface area contributed by atoms with Crippen LogP contribution in [0.25, 0.3) is 21.3 Å². The fourth-order valence-electron chi connectivity index (χ4n) is 3.48. The van der Waals surface area contributed by atoms with Crippen LogP contribution in [-0.4, -0.2) is 33.9 Å². The van der Waals surface area contributed by atoms with Gasteiger partial charge in [0.1, 0.15) is 11.6 Å². The Morgan fingerprint density at radius 3 is 2.73 bits per heavy atom. The normalized spacial score (nSPS) is 12.5. The van der Waals surface area contributed by atoms with Gasteiger partial charge in [-0.1, -0.05) is 24.3 Å². The Hall–Kier alpha value is -2.90. The van der Waals surface area contributed by atoms with Gasteiger partial charge in [0, 0.05) is 27.8 Å². The van der Waals surface area contributed by atoms with Gasteiger partial charge < -0.3 is 10.2 Å². The second-order valence-electron chi connectivity index (χ2n) is 7.61. The first-order valence-corrected chi connectivity index (χ1v) is 10.6. The topological polar surface area (TPSA) is 53.9 Å². The number of fused-ring (bicyclic) bond motifs is 1. The predicted octanol–water partition coefficient (Wildman–Crippen LogP) is 5.44. The summed E-state index contributed by atoms with van der Waals surface area (Å²) in [4.78, 5) is 17.2. The summed E-state index contributed by atoms with van der Waals surface area (Å²) in [7, 11) is 4.16. The van der Waals surface area contributed by atoms with E-state index < -0.39 is 5.95 Å². The Bertz CT molecular complexity index is 1190. The average molecular weight is 422 g/mol. The monoisotopic (exact) mass is 421 g/mol. The molecule has 1 N–H and O–H groups in total. The molecule has 1 aromatic carbocycles. The third-order valence-electron chi connectivity index (χ3n) is 4.84. The molecule has 3 heterocycles. The van der Waals surface area contributed by atoms with Crippen molar-refractivity contribution in [3.8, 4) is 10.4 Å². The zero-order valence-corrected chi connectivity index (χ0v) is 18.3. The molecule has 1 atom stereocenters. The van der Waals surface area contributed by atoms with Gasteiger partial charge in [0.15, 0.2) is 0 Å². The van der Waals surface area contributed by atoms with Gasteiger partial charge in [-0.2, -0.15) is 4.39 Å². The molecule has 0 saturated carbocycles. The minimum atomic E-state index is -0.540. The summed E-state index contributed by atoms with van der Waals surface area (Å²) in [5.74, 6) is 0.700. The number of anilines is 1. The second-order valence-corrected chi connectivity index (χ2v) is 8.72. The number of thiophene rings is 1. The summed E-state index contributed by atoms with van der Waals surface area (Å²) < 4.78 is 13.7. The molecule has 0 aliphatic rings. The molecule has 0 aliphatic heterocycles. The number of nitrogens with zero attached hydrogens (tertiary/aromatic N) is 4. The quantitative estimate of drug-likeness (QED) is 0.421. The second kappa shape index (κ2) is 8.45. The molecular formula is C23H24FN5S. The number of aromatic nitrogens is 3. The summed E-state index contributed by atoms with van der Waals surface area (Å²) in [6.45, 7) is 4.80. The first-order chi connectivity index (χ1) is 14.4. The highest BCUT2D eigenvalue weighted by atomic mass is 32.1.